The molecule has 0 aliphatic rings. The monoisotopic (exact) mass is 197 g/mol. The minimum absolute atomic E-state index is 1.02. The zero-order valence-electron chi connectivity index (χ0n) is 7.35. The van der Waals surface area contributed by atoms with E-state index in [0.29, 0.717) is 0 Å². The molecule has 1 aromatic rings. The third-order valence-electron chi connectivity index (χ3n) is 1.26. The van der Waals surface area contributed by atoms with E-state index in [9.17, 15) is 17.3 Å². The molecule has 0 saturated carbocycles. The summed E-state index contributed by atoms with van der Waals surface area (Å²) < 4.78 is 41.1. The standard InChI is InChI=1S/C6H10N2.BF4/c1-3-8-5-4-7-6(8)2;2-1(3,4)5/h4-5H,3H2,1-2H3;/q;-1. The SMILES string of the molecule is CCn1ccnc1C.F[B-](F)(F)F. The fourth-order valence-corrected chi connectivity index (χ4v) is 0.738. The molecule has 1 aromatic heterocycles. The highest BCUT2D eigenvalue weighted by molar-refractivity contribution is 6.50. The molecule has 0 N–H and O–H groups in total. The van der Waals surface area contributed by atoms with Gasteiger partial charge in [0.25, 0.3) is 0 Å². The van der Waals surface area contributed by atoms with Gasteiger partial charge in [0.15, 0.2) is 0 Å². The van der Waals surface area contributed by atoms with Crippen molar-refractivity contribution in [3.63, 3.8) is 0 Å². The van der Waals surface area contributed by atoms with Gasteiger partial charge in [-0.15, -0.1) is 0 Å². The van der Waals surface area contributed by atoms with Crippen LogP contribution < -0.4 is 0 Å². The molecule has 0 atom stereocenters. The van der Waals surface area contributed by atoms with Crippen molar-refractivity contribution in [2.24, 2.45) is 0 Å². The molecule has 1 heterocycles. The number of hydrogen-bond donors (Lipinski definition) is 0. The summed E-state index contributed by atoms with van der Waals surface area (Å²) in [5.74, 6) is 1.09. The summed E-state index contributed by atoms with van der Waals surface area (Å²) in [6.45, 7) is 5.13. The third-order valence-corrected chi connectivity index (χ3v) is 1.26. The zero-order chi connectivity index (χ0) is 10.5. The Balaban J connectivity index is 0.000000252. The van der Waals surface area contributed by atoms with Crippen LogP contribution in [0.4, 0.5) is 17.3 Å². The Hall–Kier alpha value is -1.01. The van der Waals surface area contributed by atoms with E-state index in [4.69, 9.17) is 0 Å². The second-order valence-corrected chi connectivity index (χ2v) is 2.26. The maximum atomic E-state index is 9.75. The Bertz CT molecular complexity index is 239. The van der Waals surface area contributed by atoms with E-state index in [1.54, 1.807) is 0 Å². The minimum atomic E-state index is -6.00. The molecule has 0 amide bonds. The summed E-state index contributed by atoms with van der Waals surface area (Å²) in [5.41, 5.74) is 0. The summed E-state index contributed by atoms with van der Waals surface area (Å²) >= 11 is 0. The van der Waals surface area contributed by atoms with Gasteiger partial charge in [-0.3, -0.25) is 0 Å². The molecule has 0 spiro atoms. The molecule has 0 radical (unpaired) electrons. The smallest absolute Gasteiger partial charge is 0.418 e. The number of imidazole rings is 1. The first kappa shape index (κ1) is 12.0. The molecule has 0 aromatic carbocycles. The average molecular weight is 197 g/mol. The molecule has 0 bridgehead atoms. The molecule has 13 heavy (non-hydrogen) atoms. The van der Waals surface area contributed by atoms with Crippen LogP contribution in [0.5, 0.6) is 0 Å². The largest absolute Gasteiger partial charge is 0.673 e. The molecule has 0 saturated heterocycles. The van der Waals surface area contributed by atoms with E-state index in [0.717, 1.165) is 12.4 Å². The lowest BCUT2D eigenvalue weighted by Crippen LogP contribution is -2.02. The van der Waals surface area contributed by atoms with Crippen LogP contribution >= 0.6 is 0 Å². The molecular formula is C6H10BF4N2-. The lowest BCUT2D eigenvalue weighted by Gasteiger charge is -1.95. The molecule has 1 rings (SSSR count). The molecule has 2 nitrogen and oxygen atoms in total. The minimum Gasteiger partial charge on any atom is -0.418 e. The first-order chi connectivity index (χ1) is 5.84. The first-order valence-electron chi connectivity index (χ1n) is 3.69. The van der Waals surface area contributed by atoms with Crippen LogP contribution in [0.3, 0.4) is 0 Å². The number of rotatable bonds is 1. The number of hydrogen-bond acceptors (Lipinski definition) is 1. The lowest BCUT2D eigenvalue weighted by molar-refractivity contribution is 0.368. The van der Waals surface area contributed by atoms with Crippen molar-refractivity contribution in [1.29, 1.82) is 0 Å². The predicted molar refractivity (Wildman–Crippen MR) is 42.8 cm³/mol. The van der Waals surface area contributed by atoms with Gasteiger partial charge in [-0.25, -0.2) is 4.98 Å². The van der Waals surface area contributed by atoms with Crippen LogP contribution in [0.15, 0.2) is 12.4 Å². The molecule has 0 aliphatic carbocycles. The predicted octanol–water partition coefficient (Wildman–Crippen LogP) is 2.51. The summed E-state index contributed by atoms with van der Waals surface area (Å²) in [6, 6.07) is 0. The van der Waals surface area contributed by atoms with Crippen molar-refractivity contribution < 1.29 is 17.3 Å². The molecule has 76 valence electrons. The van der Waals surface area contributed by atoms with Crippen LogP contribution in [0.25, 0.3) is 0 Å². The Labute approximate surface area is 73.7 Å². The van der Waals surface area contributed by atoms with Gasteiger partial charge in [-0.05, 0) is 13.8 Å². The Morgan fingerprint density at radius 1 is 1.38 bits per heavy atom. The zero-order valence-corrected chi connectivity index (χ0v) is 7.35. The Kier molecular flexibility index (Phi) is 4.51. The summed E-state index contributed by atoms with van der Waals surface area (Å²) in [6.07, 6.45) is 3.80. The van der Waals surface area contributed by atoms with E-state index >= 15 is 0 Å². The van der Waals surface area contributed by atoms with Gasteiger partial charge in [0.05, 0.1) is 0 Å². The van der Waals surface area contributed by atoms with Crippen molar-refractivity contribution in [3.8, 4) is 0 Å². The number of aryl methyl sites for hydroxylation is 2. The number of nitrogens with zero attached hydrogens (tertiary/aromatic N) is 2. The van der Waals surface area contributed by atoms with E-state index in [-0.39, 0.29) is 0 Å². The van der Waals surface area contributed by atoms with Gasteiger partial charge in [0.2, 0.25) is 0 Å². The number of aromatic nitrogens is 2. The lowest BCUT2D eigenvalue weighted by atomic mass is 10.3. The molecule has 0 aliphatic heterocycles. The second kappa shape index (κ2) is 4.88. The van der Waals surface area contributed by atoms with Crippen LogP contribution in [-0.4, -0.2) is 16.8 Å². The van der Waals surface area contributed by atoms with E-state index < -0.39 is 7.25 Å². The Morgan fingerprint density at radius 3 is 2.00 bits per heavy atom. The van der Waals surface area contributed by atoms with Crippen LogP contribution in [-0.2, 0) is 6.54 Å². The van der Waals surface area contributed by atoms with E-state index in [1.165, 1.54) is 0 Å². The average Bonchev–Trinajstić information content (AvgIpc) is 2.31. The van der Waals surface area contributed by atoms with Crippen molar-refractivity contribution in [2.45, 2.75) is 20.4 Å². The van der Waals surface area contributed by atoms with Crippen LogP contribution in [0.2, 0.25) is 0 Å². The van der Waals surface area contributed by atoms with Crippen molar-refractivity contribution in [1.82, 2.24) is 9.55 Å². The van der Waals surface area contributed by atoms with Crippen LogP contribution in [0.1, 0.15) is 12.7 Å². The maximum Gasteiger partial charge on any atom is 0.673 e. The van der Waals surface area contributed by atoms with Crippen LogP contribution in [0, 0.1) is 6.92 Å². The van der Waals surface area contributed by atoms with E-state index in [2.05, 4.69) is 16.5 Å². The van der Waals surface area contributed by atoms with Gasteiger partial charge < -0.3 is 21.8 Å². The normalized spacial score (nSPS) is 10.6. The number of halogens is 4. The quantitative estimate of drug-likeness (QED) is 0.499. The van der Waals surface area contributed by atoms with Gasteiger partial charge in [0.1, 0.15) is 5.82 Å². The van der Waals surface area contributed by atoms with Gasteiger partial charge in [0, 0.05) is 18.9 Å². The molecule has 0 fully saturated rings. The fourth-order valence-electron chi connectivity index (χ4n) is 0.738. The molecule has 7 heteroatoms. The van der Waals surface area contributed by atoms with Crippen molar-refractivity contribution in [3.05, 3.63) is 18.2 Å². The van der Waals surface area contributed by atoms with Crippen molar-refractivity contribution >= 4 is 7.25 Å². The third kappa shape index (κ3) is 7.36. The summed E-state index contributed by atoms with van der Waals surface area (Å²) in [4.78, 5) is 4.05. The summed E-state index contributed by atoms with van der Waals surface area (Å²) in [5, 5.41) is 0. The van der Waals surface area contributed by atoms with Gasteiger partial charge in [-0.2, -0.15) is 0 Å². The molecular weight excluding hydrogens is 187 g/mol. The second-order valence-electron chi connectivity index (χ2n) is 2.26. The molecule has 0 unspecified atom stereocenters. The maximum absolute atomic E-state index is 9.75. The highest BCUT2D eigenvalue weighted by Crippen LogP contribution is 2.06. The van der Waals surface area contributed by atoms with Gasteiger partial charge >= 0.3 is 7.25 Å². The first-order valence-corrected chi connectivity index (χ1v) is 3.69. The topological polar surface area (TPSA) is 17.8 Å². The highest BCUT2D eigenvalue weighted by atomic mass is 19.5. The highest BCUT2D eigenvalue weighted by Gasteiger charge is 2.20. The fraction of sp³-hybridized carbons (Fsp3) is 0.500. The van der Waals surface area contributed by atoms with Crippen molar-refractivity contribution in [2.75, 3.05) is 0 Å². The van der Waals surface area contributed by atoms with Gasteiger partial charge in [-0.1, -0.05) is 0 Å². The van der Waals surface area contributed by atoms with E-state index in [1.807, 2.05) is 19.3 Å². The summed E-state index contributed by atoms with van der Waals surface area (Å²) in [7, 11) is -6.00. The Morgan fingerprint density at radius 2 is 1.85 bits per heavy atom.